The Kier molecular flexibility index (Phi) is 2.80. The minimum Gasteiger partial charge on any atom is -0.391 e. The van der Waals surface area contributed by atoms with Gasteiger partial charge in [0.15, 0.2) is 0 Å². The molecule has 88 valence electrons. The smallest absolute Gasteiger partial charge is 0.127 e. The molecule has 1 aliphatic heterocycles. The van der Waals surface area contributed by atoms with E-state index in [-0.39, 0.29) is 6.10 Å². The second-order valence-electron chi connectivity index (χ2n) is 4.99. The van der Waals surface area contributed by atoms with E-state index in [1.54, 1.807) is 0 Å². The number of aliphatic hydroxyl groups is 1. The zero-order chi connectivity index (χ0) is 11.1. The Balaban J connectivity index is 1.98. The molecule has 3 rings (SSSR count). The summed E-state index contributed by atoms with van der Waals surface area (Å²) in [4.78, 5) is 4.68. The number of nitrogens with zero attached hydrogens (tertiary/aromatic N) is 2. The normalized spacial score (nSPS) is 26.0. The molecule has 0 spiro atoms. The quantitative estimate of drug-likeness (QED) is 0.861. The third-order valence-corrected chi connectivity index (χ3v) is 4.52. The molecule has 1 unspecified atom stereocenters. The van der Waals surface area contributed by atoms with Crippen LogP contribution in [0.15, 0.2) is 4.60 Å². The van der Waals surface area contributed by atoms with Gasteiger partial charge in [-0.3, -0.25) is 0 Å². The fourth-order valence-corrected chi connectivity index (χ4v) is 3.61. The van der Waals surface area contributed by atoms with E-state index in [1.165, 1.54) is 37.2 Å². The summed E-state index contributed by atoms with van der Waals surface area (Å²) in [7, 11) is 0. The summed E-state index contributed by atoms with van der Waals surface area (Å²) in [6.45, 7) is 0.736. The number of fused-ring (bicyclic) bond motifs is 1. The van der Waals surface area contributed by atoms with Crippen molar-refractivity contribution < 1.29 is 5.11 Å². The summed E-state index contributed by atoms with van der Waals surface area (Å²) >= 11 is 3.56. The minimum absolute atomic E-state index is 0.186. The number of halogens is 1. The van der Waals surface area contributed by atoms with Crippen molar-refractivity contribution in [1.82, 2.24) is 9.55 Å². The Bertz CT molecular complexity index is 396. The molecule has 1 aliphatic carbocycles. The lowest BCUT2D eigenvalue weighted by Crippen LogP contribution is -2.26. The van der Waals surface area contributed by atoms with Crippen LogP contribution in [0.5, 0.6) is 0 Å². The summed E-state index contributed by atoms with van der Waals surface area (Å²) in [6.07, 6.45) is 6.81. The maximum Gasteiger partial charge on any atom is 0.127 e. The van der Waals surface area contributed by atoms with Crippen molar-refractivity contribution >= 4 is 15.9 Å². The predicted molar refractivity (Wildman–Crippen MR) is 65.5 cm³/mol. The molecule has 16 heavy (non-hydrogen) atoms. The van der Waals surface area contributed by atoms with E-state index in [0.717, 1.165) is 24.0 Å². The first kappa shape index (κ1) is 10.8. The van der Waals surface area contributed by atoms with Gasteiger partial charge < -0.3 is 9.67 Å². The molecule has 2 heterocycles. The van der Waals surface area contributed by atoms with Gasteiger partial charge >= 0.3 is 0 Å². The van der Waals surface area contributed by atoms with Crippen molar-refractivity contribution in [2.24, 2.45) is 0 Å². The van der Waals surface area contributed by atoms with Crippen LogP contribution in [0.25, 0.3) is 0 Å². The van der Waals surface area contributed by atoms with E-state index < -0.39 is 0 Å². The largest absolute Gasteiger partial charge is 0.391 e. The Morgan fingerprint density at radius 2 is 2.00 bits per heavy atom. The van der Waals surface area contributed by atoms with E-state index in [1.807, 2.05) is 0 Å². The van der Waals surface area contributed by atoms with Crippen LogP contribution in [0, 0.1) is 0 Å². The predicted octanol–water partition coefficient (Wildman–Crippen LogP) is 2.61. The molecule has 2 aliphatic rings. The number of aromatic nitrogens is 2. The highest BCUT2D eigenvalue weighted by molar-refractivity contribution is 9.10. The SMILES string of the molecule is OC1CCc2c(Br)nc(C3CCCC3)n2C1. The first-order chi connectivity index (χ1) is 7.75. The Morgan fingerprint density at radius 3 is 2.75 bits per heavy atom. The molecule has 4 heteroatoms. The van der Waals surface area contributed by atoms with Crippen molar-refractivity contribution in [3.63, 3.8) is 0 Å². The first-order valence-corrected chi connectivity index (χ1v) is 6.98. The number of aliphatic hydroxyl groups excluding tert-OH is 1. The molecule has 0 saturated heterocycles. The van der Waals surface area contributed by atoms with Crippen molar-refractivity contribution in [3.8, 4) is 0 Å². The lowest BCUT2D eigenvalue weighted by atomic mass is 10.1. The number of hydrogen-bond donors (Lipinski definition) is 1. The van der Waals surface area contributed by atoms with E-state index >= 15 is 0 Å². The number of hydrogen-bond acceptors (Lipinski definition) is 2. The van der Waals surface area contributed by atoms with E-state index in [9.17, 15) is 5.11 Å². The second-order valence-corrected chi connectivity index (χ2v) is 5.74. The van der Waals surface area contributed by atoms with Gasteiger partial charge in [0.2, 0.25) is 0 Å². The zero-order valence-corrected chi connectivity index (χ0v) is 10.9. The van der Waals surface area contributed by atoms with Gasteiger partial charge in [-0.2, -0.15) is 0 Å². The van der Waals surface area contributed by atoms with Crippen LogP contribution in [0.3, 0.4) is 0 Å². The lowest BCUT2D eigenvalue weighted by molar-refractivity contribution is 0.129. The molecule has 0 amide bonds. The molecule has 0 aromatic carbocycles. The monoisotopic (exact) mass is 284 g/mol. The molecule has 1 saturated carbocycles. The lowest BCUT2D eigenvalue weighted by Gasteiger charge is -2.23. The number of imidazole rings is 1. The van der Waals surface area contributed by atoms with Crippen LogP contribution in [-0.4, -0.2) is 20.8 Å². The van der Waals surface area contributed by atoms with Crippen molar-refractivity contribution in [2.75, 3.05) is 0 Å². The van der Waals surface area contributed by atoms with Crippen LogP contribution in [0.2, 0.25) is 0 Å². The first-order valence-electron chi connectivity index (χ1n) is 6.18. The summed E-state index contributed by atoms with van der Waals surface area (Å²) in [6, 6.07) is 0. The Hall–Kier alpha value is -0.350. The highest BCUT2D eigenvalue weighted by atomic mass is 79.9. The van der Waals surface area contributed by atoms with Gasteiger partial charge in [0.1, 0.15) is 10.4 Å². The van der Waals surface area contributed by atoms with Crippen LogP contribution < -0.4 is 0 Å². The molecule has 1 atom stereocenters. The van der Waals surface area contributed by atoms with Crippen LogP contribution >= 0.6 is 15.9 Å². The number of rotatable bonds is 1. The summed E-state index contributed by atoms with van der Waals surface area (Å²) < 4.78 is 3.26. The molecule has 1 aromatic heterocycles. The van der Waals surface area contributed by atoms with Gasteiger partial charge in [0.05, 0.1) is 18.3 Å². The third kappa shape index (κ3) is 1.72. The van der Waals surface area contributed by atoms with E-state index in [4.69, 9.17) is 0 Å². The highest BCUT2D eigenvalue weighted by Crippen LogP contribution is 2.37. The molecule has 3 nitrogen and oxygen atoms in total. The fraction of sp³-hybridized carbons (Fsp3) is 0.750. The van der Waals surface area contributed by atoms with Crippen LogP contribution in [0.4, 0.5) is 0 Å². The average Bonchev–Trinajstić information content (AvgIpc) is 2.86. The topological polar surface area (TPSA) is 38.1 Å². The molecule has 0 bridgehead atoms. The van der Waals surface area contributed by atoms with Gasteiger partial charge in [0, 0.05) is 5.92 Å². The standard InChI is InChI=1S/C12H17BrN2O/c13-11-10-6-5-9(16)7-15(10)12(14-11)8-3-1-2-4-8/h8-9,16H,1-7H2. The molecule has 1 N–H and O–H groups in total. The molecular weight excluding hydrogens is 268 g/mol. The summed E-state index contributed by atoms with van der Waals surface area (Å²) in [5.41, 5.74) is 1.28. The maximum absolute atomic E-state index is 9.77. The molecular formula is C12H17BrN2O. The molecule has 1 aromatic rings. The highest BCUT2D eigenvalue weighted by Gasteiger charge is 2.28. The second kappa shape index (κ2) is 4.15. The van der Waals surface area contributed by atoms with Gasteiger partial charge in [0.25, 0.3) is 0 Å². The van der Waals surface area contributed by atoms with E-state index in [2.05, 4.69) is 25.5 Å². The Morgan fingerprint density at radius 1 is 1.25 bits per heavy atom. The van der Waals surface area contributed by atoms with E-state index in [0.29, 0.717) is 5.92 Å². The van der Waals surface area contributed by atoms with Crippen LogP contribution in [-0.2, 0) is 13.0 Å². The summed E-state index contributed by atoms with van der Waals surface area (Å²) in [5.74, 6) is 1.83. The molecule has 0 radical (unpaired) electrons. The van der Waals surface area contributed by atoms with Gasteiger partial charge in [-0.05, 0) is 41.6 Å². The Labute approximate surface area is 104 Å². The van der Waals surface area contributed by atoms with Gasteiger partial charge in [-0.1, -0.05) is 12.8 Å². The fourth-order valence-electron chi connectivity index (χ4n) is 3.02. The maximum atomic E-state index is 9.77. The van der Waals surface area contributed by atoms with Gasteiger partial charge in [-0.25, -0.2) is 4.98 Å². The van der Waals surface area contributed by atoms with Crippen LogP contribution in [0.1, 0.15) is 49.5 Å². The summed E-state index contributed by atoms with van der Waals surface area (Å²) in [5, 5.41) is 9.77. The minimum atomic E-state index is -0.186. The van der Waals surface area contributed by atoms with Crippen molar-refractivity contribution in [3.05, 3.63) is 16.1 Å². The zero-order valence-electron chi connectivity index (χ0n) is 9.32. The average molecular weight is 285 g/mol. The van der Waals surface area contributed by atoms with Crippen molar-refractivity contribution in [1.29, 1.82) is 0 Å². The third-order valence-electron chi connectivity index (χ3n) is 3.88. The molecule has 1 fully saturated rings. The van der Waals surface area contributed by atoms with Crippen molar-refractivity contribution in [2.45, 2.75) is 57.1 Å². The van der Waals surface area contributed by atoms with Gasteiger partial charge in [-0.15, -0.1) is 0 Å².